The maximum absolute atomic E-state index is 14.7. The van der Waals surface area contributed by atoms with Crippen LogP contribution in [-0.2, 0) is 15.0 Å². The van der Waals surface area contributed by atoms with Crippen molar-refractivity contribution in [2.75, 3.05) is 17.3 Å². The fourth-order valence-corrected chi connectivity index (χ4v) is 6.52. The van der Waals surface area contributed by atoms with Crippen molar-refractivity contribution in [2.45, 2.75) is 38.3 Å². The second-order valence-electron chi connectivity index (χ2n) is 11.3. The van der Waals surface area contributed by atoms with E-state index in [1.54, 1.807) is 31.4 Å². The third-order valence-corrected chi connectivity index (χ3v) is 8.19. The highest BCUT2D eigenvalue weighted by atomic mass is 16.5. The molecule has 3 aliphatic rings. The van der Waals surface area contributed by atoms with Crippen molar-refractivity contribution in [1.29, 1.82) is 0 Å². The van der Waals surface area contributed by atoms with Gasteiger partial charge < -0.3 is 15.0 Å². The largest absolute Gasteiger partial charge is 0.497 e. The number of rotatable bonds is 4. The Morgan fingerprint density at radius 1 is 0.974 bits per heavy atom. The van der Waals surface area contributed by atoms with Gasteiger partial charge in [-0.05, 0) is 35.4 Å². The summed E-state index contributed by atoms with van der Waals surface area (Å²) in [6.07, 6.45) is 4.00. The van der Waals surface area contributed by atoms with Gasteiger partial charge in [0.1, 0.15) is 17.2 Å². The highest BCUT2D eigenvalue weighted by Gasteiger charge is 2.70. The molecule has 3 aliphatic heterocycles. The number of amides is 1. The number of anilines is 2. The minimum absolute atomic E-state index is 0.0806. The van der Waals surface area contributed by atoms with Crippen molar-refractivity contribution in [1.82, 2.24) is 0 Å². The predicted molar refractivity (Wildman–Crippen MR) is 148 cm³/mol. The maximum Gasteiger partial charge on any atom is 0.238 e. The van der Waals surface area contributed by atoms with Gasteiger partial charge in [0.15, 0.2) is 11.6 Å². The van der Waals surface area contributed by atoms with Crippen molar-refractivity contribution in [2.24, 2.45) is 11.3 Å². The molecule has 38 heavy (non-hydrogen) atoms. The number of ketones is 2. The van der Waals surface area contributed by atoms with E-state index >= 15 is 0 Å². The molecule has 6 heteroatoms. The van der Waals surface area contributed by atoms with Crippen molar-refractivity contribution >= 4 is 34.9 Å². The van der Waals surface area contributed by atoms with Gasteiger partial charge in [-0.3, -0.25) is 14.4 Å². The molecule has 3 aromatic rings. The molecule has 0 radical (unpaired) electrons. The Morgan fingerprint density at radius 2 is 1.71 bits per heavy atom. The third kappa shape index (κ3) is 3.22. The number of hydrogen-bond acceptors (Lipinski definition) is 5. The van der Waals surface area contributed by atoms with Crippen LogP contribution in [0.15, 0.2) is 78.9 Å². The fourth-order valence-electron chi connectivity index (χ4n) is 6.52. The van der Waals surface area contributed by atoms with E-state index in [0.29, 0.717) is 17.0 Å². The molecule has 6 rings (SSSR count). The van der Waals surface area contributed by atoms with Crippen LogP contribution in [0.2, 0.25) is 0 Å². The average Bonchev–Trinajstić information content (AvgIpc) is 3.40. The molecule has 1 saturated heterocycles. The summed E-state index contributed by atoms with van der Waals surface area (Å²) < 4.78 is 5.41. The van der Waals surface area contributed by atoms with Gasteiger partial charge in [-0.15, -0.1) is 0 Å². The summed E-state index contributed by atoms with van der Waals surface area (Å²) >= 11 is 0. The van der Waals surface area contributed by atoms with Gasteiger partial charge >= 0.3 is 0 Å². The lowest BCUT2D eigenvalue weighted by Crippen LogP contribution is -2.51. The van der Waals surface area contributed by atoms with Crippen LogP contribution in [0.4, 0.5) is 11.4 Å². The number of hydrogen-bond donors (Lipinski definition) is 1. The summed E-state index contributed by atoms with van der Waals surface area (Å²) in [6, 6.07) is 20.9. The standard InChI is InChI=1S/C32H30N2O4/c1-31(2,3)29(36)27-26(28(35)20-11-9-12-21(18-20)38-4)32(22-13-6-7-14-23(22)33-30(32)37)25-17-16-19-10-5-8-15-24(19)34(25)27/h5-18,25-27H,1-4H3,(H,33,37). The molecule has 0 bridgehead atoms. The van der Waals surface area contributed by atoms with E-state index in [4.69, 9.17) is 4.74 Å². The van der Waals surface area contributed by atoms with Gasteiger partial charge in [0.2, 0.25) is 5.91 Å². The summed E-state index contributed by atoms with van der Waals surface area (Å²) in [5.41, 5.74) is 1.58. The zero-order valence-corrected chi connectivity index (χ0v) is 21.9. The second-order valence-corrected chi connectivity index (χ2v) is 11.3. The minimum Gasteiger partial charge on any atom is -0.497 e. The molecule has 0 saturated carbocycles. The van der Waals surface area contributed by atoms with Crippen LogP contribution in [0.1, 0.15) is 42.3 Å². The molecule has 4 unspecified atom stereocenters. The highest BCUT2D eigenvalue weighted by molar-refractivity contribution is 6.17. The van der Waals surface area contributed by atoms with Crippen molar-refractivity contribution in [3.63, 3.8) is 0 Å². The summed E-state index contributed by atoms with van der Waals surface area (Å²) in [6.45, 7) is 5.62. The van der Waals surface area contributed by atoms with Crippen LogP contribution in [-0.4, -0.2) is 36.7 Å². The van der Waals surface area contributed by atoms with Crippen LogP contribution in [0, 0.1) is 11.3 Å². The molecule has 0 aliphatic carbocycles. The lowest BCUT2D eigenvalue weighted by Gasteiger charge is -2.38. The van der Waals surface area contributed by atoms with E-state index in [-0.39, 0.29) is 17.5 Å². The summed E-state index contributed by atoms with van der Waals surface area (Å²) in [7, 11) is 1.55. The van der Waals surface area contributed by atoms with Gasteiger partial charge in [-0.1, -0.05) is 81.5 Å². The Bertz CT molecular complexity index is 1520. The number of carbonyl (C=O) groups is 3. The van der Waals surface area contributed by atoms with E-state index in [1.165, 1.54) is 0 Å². The molecular formula is C32H30N2O4. The Kier molecular flexibility index (Phi) is 5.35. The summed E-state index contributed by atoms with van der Waals surface area (Å²) in [4.78, 5) is 45.4. The van der Waals surface area contributed by atoms with Crippen LogP contribution < -0.4 is 15.0 Å². The van der Waals surface area contributed by atoms with Crippen molar-refractivity contribution in [3.8, 4) is 5.75 Å². The number of nitrogens with zero attached hydrogens (tertiary/aromatic N) is 1. The van der Waals surface area contributed by atoms with E-state index in [9.17, 15) is 14.4 Å². The van der Waals surface area contributed by atoms with Crippen LogP contribution in [0.3, 0.4) is 0 Å². The molecule has 1 fully saturated rings. The van der Waals surface area contributed by atoms with Crippen molar-refractivity contribution in [3.05, 3.63) is 95.6 Å². The number of methoxy groups -OCH3 is 1. The molecule has 1 spiro atoms. The summed E-state index contributed by atoms with van der Waals surface area (Å²) in [5, 5.41) is 3.06. The first kappa shape index (κ1) is 24.2. The monoisotopic (exact) mass is 506 g/mol. The first-order valence-electron chi connectivity index (χ1n) is 12.9. The lowest BCUT2D eigenvalue weighted by atomic mass is 9.63. The Hall–Kier alpha value is -4.19. The summed E-state index contributed by atoms with van der Waals surface area (Å²) in [5.74, 6) is -1.02. The molecule has 192 valence electrons. The first-order chi connectivity index (χ1) is 18.2. The smallest absolute Gasteiger partial charge is 0.238 e. The van der Waals surface area contributed by atoms with Gasteiger partial charge in [-0.2, -0.15) is 0 Å². The zero-order chi connectivity index (χ0) is 26.8. The topological polar surface area (TPSA) is 75.7 Å². The van der Waals surface area contributed by atoms with E-state index in [0.717, 1.165) is 16.8 Å². The Labute approximate surface area is 222 Å². The van der Waals surface area contributed by atoms with E-state index in [2.05, 4.69) is 5.32 Å². The Balaban J connectivity index is 1.68. The molecular weight excluding hydrogens is 476 g/mol. The van der Waals surface area contributed by atoms with Crippen molar-refractivity contribution < 1.29 is 19.1 Å². The minimum atomic E-state index is -1.30. The van der Waals surface area contributed by atoms with Gasteiger partial charge in [-0.25, -0.2) is 0 Å². The second kappa shape index (κ2) is 8.42. The molecule has 3 heterocycles. The van der Waals surface area contributed by atoms with E-state index in [1.807, 2.05) is 86.4 Å². The van der Waals surface area contributed by atoms with Crippen LogP contribution in [0.25, 0.3) is 6.08 Å². The third-order valence-electron chi connectivity index (χ3n) is 8.19. The quantitative estimate of drug-likeness (QED) is 0.487. The average molecular weight is 507 g/mol. The zero-order valence-electron chi connectivity index (χ0n) is 21.9. The number of nitrogens with one attached hydrogen (secondary N) is 1. The maximum atomic E-state index is 14.7. The molecule has 4 atom stereocenters. The number of fused-ring (bicyclic) bond motifs is 6. The molecule has 0 aromatic heterocycles. The fraction of sp³-hybridized carbons (Fsp3) is 0.281. The number of ether oxygens (including phenoxy) is 1. The van der Waals surface area contributed by atoms with Gasteiger partial charge in [0.05, 0.1) is 19.1 Å². The van der Waals surface area contributed by atoms with E-state index < -0.39 is 28.8 Å². The lowest BCUT2D eigenvalue weighted by molar-refractivity contribution is -0.128. The predicted octanol–water partition coefficient (Wildman–Crippen LogP) is 5.28. The SMILES string of the molecule is COc1cccc(C(=O)C2C(C(=O)C(C)(C)C)N3c4ccccc4C=CC3C23C(=O)Nc2ccccc23)c1. The number of Topliss-reactive ketones (excluding diaryl/α,β-unsaturated/α-hetero) is 2. The normalized spacial score (nSPS) is 25.0. The molecule has 6 nitrogen and oxygen atoms in total. The Morgan fingerprint density at radius 3 is 2.47 bits per heavy atom. The number of benzene rings is 3. The van der Waals surface area contributed by atoms with Gasteiger partial charge in [0.25, 0.3) is 0 Å². The van der Waals surface area contributed by atoms with Crippen LogP contribution in [0.5, 0.6) is 5.75 Å². The first-order valence-corrected chi connectivity index (χ1v) is 12.9. The van der Waals surface area contributed by atoms with Gasteiger partial charge in [0, 0.05) is 22.4 Å². The number of para-hydroxylation sites is 2. The van der Waals surface area contributed by atoms with Crippen LogP contribution >= 0.6 is 0 Å². The highest BCUT2D eigenvalue weighted by Crippen LogP contribution is 2.58. The number of carbonyl (C=O) groups excluding carboxylic acids is 3. The molecule has 1 N–H and O–H groups in total. The molecule has 3 aromatic carbocycles. The molecule has 1 amide bonds.